The molecule has 2 aliphatic heterocycles. The van der Waals surface area contributed by atoms with Gasteiger partial charge in [-0.2, -0.15) is 0 Å². The van der Waals surface area contributed by atoms with Gasteiger partial charge in [-0.1, -0.05) is 12.1 Å². The second-order valence-electron chi connectivity index (χ2n) is 7.17. The number of aromatic nitrogens is 1. The Morgan fingerprint density at radius 1 is 0.897 bits per heavy atom. The highest BCUT2D eigenvalue weighted by atomic mass is 32.2. The largest absolute Gasteiger partial charge is 0.415 e. The Hall–Kier alpha value is -2.81. The maximum Gasteiger partial charge on any atom is 0.415 e. The third kappa shape index (κ3) is 4.79. The van der Waals surface area contributed by atoms with Gasteiger partial charge in [0.15, 0.2) is 9.84 Å². The van der Waals surface area contributed by atoms with E-state index < -0.39 is 9.84 Å². The SMILES string of the molecule is O=C(Oc1cccc(N2CCS(=O)(=O)CC2)c1)N1CCN(c2ccccn2)CC1. The zero-order valence-corrected chi connectivity index (χ0v) is 16.9. The van der Waals surface area contributed by atoms with E-state index in [0.29, 0.717) is 45.0 Å². The molecule has 9 heteroatoms. The van der Waals surface area contributed by atoms with E-state index in [9.17, 15) is 13.2 Å². The van der Waals surface area contributed by atoms with Crippen LogP contribution in [0.15, 0.2) is 48.7 Å². The molecule has 154 valence electrons. The van der Waals surface area contributed by atoms with Crippen LogP contribution in [0.2, 0.25) is 0 Å². The van der Waals surface area contributed by atoms with Crippen LogP contribution in [-0.2, 0) is 9.84 Å². The molecule has 1 aromatic carbocycles. The third-order valence-electron chi connectivity index (χ3n) is 5.24. The van der Waals surface area contributed by atoms with E-state index in [-0.39, 0.29) is 17.6 Å². The third-order valence-corrected chi connectivity index (χ3v) is 6.85. The summed E-state index contributed by atoms with van der Waals surface area (Å²) in [6.07, 6.45) is 1.39. The molecule has 0 bridgehead atoms. The minimum absolute atomic E-state index is 0.150. The van der Waals surface area contributed by atoms with Gasteiger partial charge in [0.2, 0.25) is 0 Å². The van der Waals surface area contributed by atoms with Crippen LogP contribution >= 0.6 is 0 Å². The molecule has 3 heterocycles. The molecule has 0 radical (unpaired) electrons. The Labute approximate surface area is 170 Å². The number of amides is 1. The van der Waals surface area contributed by atoms with Gasteiger partial charge >= 0.3 is 6.09 Å². The van der Waals surface area contributed by atoms with Gasteiger partial charge in [0.25, 0.3) is 0 Å². The zero-order valence-electron chi connectivity index (χ0n) is 16.1. The molecule has 4 rings (SSSR count). The van der Waals surface area contributed by atoms with Crippen molar-refractivity contribution < 1.29 is 17.9 Å². The number of carbonyl (C=O) groups excluding carboxylic acids is 1. The molecule has 2 saturated heterocycles. The normalized spacial score (nSPS) is 19.1. The van der Waals surface area contributed by atoms with Crippen molar-refractivity contribution in [3.63, 3.8) is 0 Å². The Kier molecular flexibility index (Phi) is 5.57. The number of nitrogens with zero attached hydrogens (tertiary/aromatic N) is 4. The molecule has 0 atom stereocenters. The molecule has 0 N–H and O–H groups in total. The highest BCUT2D eigenvalue weighted by molar-refractivity contribution is 7.91. The molecule has 29 heavy (non-hydrogen) atoms. The molecular formula is C20H24N4O4S. The maximum atomic E-state index is 12.6. The van der Waals surface area contributed by atoms with Gasteiger partial charge in [-0.15, -0.1) is 0 Å². The van der Waals surface area contributed by atoms with E-state index in [4.69, 9.17) is 4.74 Å². The van der Waals surface area contributed by atoms with Crippen LogP contribution in [0.3, 0.4) is 0 Å². The Morgan fingerprint density at radius 3 is 2.34 bits per heavy atom. The summed E-state index contributed by atoms with van der Waals surface area (Å²) in [6, 6.07) is 13.1. The Bertz CT molecular complexity index is 945. The number of hydrogen-bond donors (Lipinski definition) is 0. The van der Waals surface area contributed by atoms with E-state index in [1.165, 1.54) is 0 Å². The van der Waals surface area contributed by atoms with Crippen molar-refractivity contribution in [1.82, 2.24) is 9.88 Å². The lowest BCUT2D eigenvalue weighted by atomic mass is 10.2. The molecule has 0 aliphatic carbocycles. The lowest BCUT2D eigenvalue weighted by molar-refractivity contribution is 0.149. The molecular weight excluding hydrogens is 392 g/mol. The molecule has 2 aliphatic rings. The highest BCUT2D eigenvalue weighted by Gasteiger charge is 2.24. The van der Waals surface area contributed by atoms with Gasteiger partial charge in [-0.25, -0.2) is 18.2 Å². The van der Waals surface area contributed by atoms with Gasteiger partial charge in [0.1, 0.15) is 11.6 Å². The van der Waals surface area contributed by atoms with Gasteiger partial charge in [0.05, 0.1) is 11.5 Å². The number of hydrogen-bond acceptors (Lipinski definition) is 7. The molecule has 0 spiro atoms. The lowest BCUT2D eigenvalue weighted by Crippen LogP contribution is -2.49. The molecule has 0 saturated carbocycles. The first-order chi connectivity index (χ1) is 14.0. The number of benzene rings is 1. The Morgan fingerprint density at radius 2 is 1.66 bits per heavy atom. The summed E-state index contributed by atoms with van der Waals surface area (Å²) >= 11 is 0. The van der Waals surface area contributed by atoms with Crippen molar-refractivity contribution >= 4 is 27.4 Å². The van der Waals surface area contributed by atoms with Gasteiger partial charge in [-0.05, 0) is 24.3 Å². The second kappa shape index (κ2) is 8.28. The quantitative estimate of drug-likeness (QED) is 0.752. The molecule has 2 aromatic rings. The number of sulfone groups is 1. The average molecular weight is 417 g/mol. The number of carbonyl (C=O) groups is 1. The van der Waals surface area contributed by atoms with Crippen LogP contribution < -0.4 is 14.5 Å². The fourth-order valence-electron chi connectivity index (χ4n) is 3.54. The second-order valence-corrected chi connectivity index (χ2v) is 9.47. The maximum absolute atomic E-state index is 12.6. The number of piperazine rings is 1. The first-order valence-electron chi connectivity index (χ1n) is 9.68. The van der Waals surface area contributed by atoms with Crippen molar-refractivity contribution in [3.05, 3.63) is 48.7 Å². The molecule has 8 nitrogen and oxygen atoms in total. The van der Waals surface area contributed by atoms with Crippen LogP contribution in [0.25, 0.3) is 0 Å². The van der Waals surface area contributed by atoms with Crippen molar-refractivity contribution in [2.24, 2.45) is 0 Å². The molecule has 0 unspecified atom stereocenters. The summed E-state index contributed by atoms with van der Waals surface area (Å²) < 4.78 is 28.8. The number of anilines is 2. The van der Waals surface area contributed by atoms with Gasteiger partial charge in [-0.3, -0.25) is 0 Å². The minimum atomic E-state index is -2.93. The Balaban J connectivity index is 1.33. The predicted octanol–water partition coefficient (Wildman–Crippen LogP) is 1.64. The smallest absolute Gasteiger partial charge is 0.410 e. The van der Waals surface area contributed by atoms with E-state index in [0.717, 1.165) is 11.5 Å². The molecule has 1 amide bonds. The summed E-state index contributed by atoms with van der Waals surface area (Å²) in [5, 5.41) is 0. The first kappa shape index (κ1) is 19.5. The van der Waals surface area contributed by atoms with E-state index in [2.05, 4.69) is 9.88 Å². The molecule has 1 aromatic heterocycles. The van der Waals surface area contributed by atoms with Crippen LogP contribution in [-0.4, -0.2) is 75.2 Å². The van der Waals surface area contributed by atoms with Crippen molar-refractivity contribution in [2.45, 2.75) is 0 Å². The zero-order chi connectivity index (χ0) is 20.3. The monoisotopic (exact) mass is 416 g/mol. The summed E-state index contributed by atoms with van der Waals surface area (Å²) in [4.78, 5) is 22.8. The van der Waals surface area contributed by atoms with E-state index in [1.807, 2.05) is 35.2 Å². The van der Waals surface area contributed by atoms with Crippen molar-refractivity contribution in [1.29, 1.82) is 0 Å². The van der Waals surface area contributed by atoms with Crippen molar-refractivity contribution in [2.75, 3.05) is 60.6 Å². The lowest BCUT2D eigenvalue weighted by Gasteiger charge is -2.34. The fraction of sp³-hybridized carbons (Fsp3) is 0.400. The van der Waals surface area contributed by atoms with Crippen molar-refractivity contribution in [3.8, 4) is 5.75 Å². The number of pyridine rings is 1. The first-order valence-corrected chi connectivity index (χ1v) is 11.5. The number of ether oxygens (including phenoxy) is 1. The fourth-order valence-corrected chi connectivity index (χ4v) is 4.74. The van der Waals surface area contributed by atoms with Crippen LogP contribution in [0.4, 0.5) is 16.3 Å². The van der Waals surface area contributed by atoms with Crippen LogP contribution in [0, 0.1) is 0 Å². The summed E-state index contributed by atoms with van der Waals surface area (Å²) in [6.45, 7) is 3.45. The highest BCUT2D eigenvalue weighted by Crippen LogP contribution is 2.23. The molecule has 2 fully saturated rings. The average Bonchev–Trinajstić information content (AvgIpc) is 2.75. The standard InChI is InChI=1S/C20H24N4O4S/c25-20(24-10-8-23(9-11-24)19-6-1-2-7-21-19)28-18-5-3-4-17(16-18)22-12-14-29(26,27)15-13-22/h1-7,16H,8-15H2. The van der Waals surface area contributed by atoms with Crippen LogP contribution in [0.1, 0.15) is 0 Å². The van der Waals surface area contributed by atoms with Gasteiger partial charge in [0, 0.05) is 57.2 Å². The topological polar surface area (TPSA) is 83.0 Å². The summed E-state index contributed by atoms with van der Waals surface area (Å²) in [7, 11) is -2.93. The minimum Gasteiger partial charge on any atom is -0.410 e. The van der Waals surface area contributed by atoms with E-state index >= 15 is 0 Å². The summed E-state index contributed by atoms with van der Waals surface area (Å²) in [5.74, 6) is 1.68. The predicted molar refractivity (Wildman–Crippen MR) is 111 cm³/mol. The number of rotatable bonds is 3. The van der Waals surface area contributed by atoms with Crippen LogP contribution in [0.5, 0.6) is 5.75 Å². The van der Waals surface area contributed by atoms with E-state index in [1.54, 1.807) is 23.2 Å². The van der Waals surface area contributed by atoms with Gasteiger partial charge < -0.3 is 19.4 Å². The summed E-state index contributed by atoms with van der Waals surface area (Å²) in [5.41, 5.74) is 0.866.